The highest BCUT2D eigenvalue weighted by Crippen LogP contribution is 2.36. The molecule has 2 atom stereocenters. The van der Waals surface area contributed by atoms with E-state index in [0.29, 0.717) is 18.2 Å². The quantitative estimate of drug-likeness (QED) is 0.742. The second-order valence-corrected chi connectivity index (χ2v) is 8.85. The average molecular weight is 411 g/mol. The summed E-state index contributed by atoms with van der Waals surface area (Å²) >= 11 is 0. The molecule has 1 amide bonds. The second kappa shape index (κ2) is 8.63. The Balaban J connectivity index is 1.31. The molecule has 3 heterocycles. The molecular weight excluding hydrogens is 380 g/mol. The number of aromatic nitrogens is 2. The van der Waals surface area contributed by atoms with Crippen molar-refractivity contribution < 1.29 is 18.1 Å². The Kier molecular flexibility index (Phi) is 6.15. The molecule has 3 aliphatic rings. The molecule has 3 fully saturated rings. The highest BCUT2D eigenvalue weighted by molar-refractivity contribution is 5.77. The minimum atomic E-state index is -2.80. The van der Waals surface area contributed by atoms with E-state index in [2.05, 4.69) is 15.0 Å². The summed E-state index contributed by atoms with van der Waals surface area (Å²) < 4.78 is 32.8. The van der Waals surface area contributed by atoms with Gasteiger partial charge in [0.1, 0.15) is 0 Å². The van der Waals surface area contributed by atoms with Gasteiger partial charge < -0.3 is 15.2 Å². The van der Waals surface area contributed by atoms with Gasteiger partial charge in [-0.25, -0.2) is 8.78 Å². The number of carbonyl (C=O) groups is 1. The van der Waals surface area contributed by atoms with Crippen molar-refractivity contribution in [3.05, 3.63) is 11.7 Å². The van der Waals surface area contributed by atoms with Crippen LogP contribution >= 0.6 is 0 Å². The molecule has 1 saturated carbocycles. The average Bonchev–Trinajstić information content (AvgIpc) is 3.11. The molecule has 2 aliphatic heterocycles. The molecule has 0 spiro atoms. The zero-order chi connectivity index (χ0) is 20.4. The lowest BCUT2D eigenvalue weighted by atomic mass is 9.85. The highest BCUT2D eigenvalue weighted by Gasteiger charge is 2.39. The van der Waals surface area contributed by atoms with Gasteiger partial charge in [-0.3, -0.25) is 9.69 Å². The molecule has 0 bridgehead atoms. The van der Waals surface area contributed by atoms with E-state index in [4.69, 9.17) is 10.3 Å². The number of hydrogen-bond acceptors (Lipinski definition) is 6. The largest absolute Gasteiger partial charge is 0.338 e. The lowest BCUT2D eigenvalue weighted by molar-refractivity contribution is -0.147. The molecule has 162 valence electrons. The Labute approximate surface area is 170 Å². The van der Waals surface area contributed by atoms with Crippen LogP contribution in [0.4, 0.5) is 8.78 Å². The smallest absolute Gasteiger partial charge is 0.265 e. The fourth-order valence-electron chi connectivity index (χ4n) is 4.52. The van der Waals surface area contributed by atoms with E-state index in [-0.39, 0.29) is 37.4 Å². The van der Waals surface area contributed by atoms with Gasteiger partial charge in [0.15, 0.2) is 5.82 Å². The standard InChI is InChI=1S/C20H31F2N5O2/c21-20(22)9-7-17(28)27(13-20)12-15(23)8-11-26-10-2-1-6-16(26)19-24-18(25-29-19)14-4-3-5-14/h14-16H,1-13,23H2/t15-,16+/m1/s1. The van der Waals surface area contributed by atoms with E-state index in [1.165, 1.54) is 11.3 Å². The van der Waals surface area contributed by atoms with Gasteiger partial charge in [-0.2, -0.15) is 4.98 Å². The van der Waals surface area contributed by atoms with Crippen LogP contribution in [0.5, 0.6) is 0 Å². The maximum absolute atomic E-state index is 13.6. The zero-order valence-electron chi connectivity index (χ0n) is 16.9. The normalized spacial score (nSPS) is 27.1. The molecule has 7 nitrogen and oxygen atoms in total. The molecule has 2 saturated heterocycles. The molecule has 29 heavy (non-hydrogen) atoms. The van der Waals surface area contributed by atoms with Crippen molar-refractivity contribution in [1.29, 1.82) is 0 Å². The summed E-state index contributed by atoms with van der Waals surface area (Å²) in [5.41, 5.74) is 6.21. The Bertz CT molecular complexity index is 709. The van der Waals surface area contributed by atoms with Gasteiger partial charge in [0.2, 0.25) is 11.8 Å². The Hall–Kier alpha value is -1.61. The topological polar surface area (TPSA) is 88.5 Å². The van der Waals surface area contributed by atoms with E-state index in [0.717, 1.165) is 51.0 Å². The van der Waals surface area contributed by atoms with E-state index in [1.807, 2.05) is 0 Å². The van der Waals surface area contributed by atoms with Crippen molar-refractivity contribution in [3.63, 3.8) is 0 Å². The third-order valence-electron chi connectivity index (χ3n) is 6.55. The number of carbonyl (C=O) groups excluding carboxylic acids is 1. The van der Waals surface area contributed by atoms with Crippen LogP contribution in [0.1, 0.15) is 81.5 Å². The van der Waals surface area contributed by atoms with E-state index >= 15 is 0 Å². The summed E-state index contributed by atoms with van der Waals surface area (Å²) in [7, 11) is 0. The summed E-state index contributed by atoms with van der Waals surface area (Å²) in [6.07, 6.45) is 6.86. The summed E-state index contributed by atoms with van der Waals surface area (Å²) in [5.74, 6) is -1.07. The Morgan fingerprint density at radius 3 is 2.83 bits per heavy atom. The zero-order valence-corrected chi connectivity index (χ0v) is 16.9. The van der Waals surface area contributed by atoms with Gasteiger partial charge in [-0.05, 0) is 38.6 Å². The molecule has 1 aromatic rings. The minimum Gasteiger partial charge on any atom is -0.338 e. The van der Waals surface area contributed by atoms with Crippen LogP contribution in [-0.2, 0) is 4.79 Å². The van der Waals surface area contributed by atoms with Crippen molar-refractivity contribution in [2.45, 2.75) is 81.7 Å². The number of hydrogen-bond donors (Lipinski definition) is 1. The number of halogens is 2. The molecule has 0 radical (unpaired) electrons. The maximum atomic E-state index is 13.6. The minimum absolute atomic E-state index is 0.0956. The maximum Gasteiger partial charge on any atom is 0.265 e. The van der Waals surface area contributed by atoms with E-state index in [9.17, 15) is 13.6 Å². The monoisotopic (exact) mass is 411 g/mol. The van der Waals surface area contributed by atoms with Crippen molar-refractivity contribution in [3.8, 4) is 0 Å². The van der Waals surface area contributed by atoms with Crippen LogP contribution in [0, 0.1) is 0 Å². The molecule has 1 aliphatic carbocycles. The number of piperidine rings is 2. The van der Waals surface area contributed by atoms with Crippen LogP contribution in [-0.4, -0.2) is 64.0 Å². The predicted octanol–water partition coefficient (Wildman–Crippen LogP) is 2.84. The molecule has 2 N–H and O–H groups in total. The second-order valence-electron chi connectivity index (χ2n) is 8.85. The number of amides is 1. The van der Waals surface area contributed by atoms with Gasteiger partial charge >= 0.3 is 0 Å². The van der Waals surface area contributed by atoms with Crippen molar-refractivity contribution >= 4 is 5.91 Å². The van der Waals surface area contributed by atoms with E-state index < -0.39 is 12.5 Å². The third kappa shape index (κ3) is 4.94. The molecule has 0 aromatic carbocycles. The summed E-state index contributed by atoms with van der Waals surface area (Å²) in [6.45, 7) is 1.32. The number of alkyl halides is 2. The number of rotatable bonds is 7. The lowest BCUT2D eigenvalue weighted by Crippen LogP contribution is -2.51. The van der Waals surface area contributed by atoms with E-state index in [1.54, 1.807) is 0 Å². The number of nitrogens with zero attached hydrogens (tertiary/aromatic N) is 4. The van der Waals surface area contributed by atoms with Crippen LogP contribution in [0.25, 0.3) is 0 Å². The molecular formula is C20H31F2N5O2. The van der Waals surface area contributed by atoms with Crippen LogP contribution < -0.4 is 5.73 Å². The lowest BCUT2D eigenvalue weighted by Gasteiger charge is -2.36. The summed E-state index contributed by atoms with van der Waals surface area (Å²) in [6, 6.07) is -0.234. The van der Waals surface area contributed by atoms with Crippen molar-refractivity contribution in [2.24, 2.45) is 5.73 Å². The summed E-state index contributed by atoms with van der Waals surface area (Å²) in [4.78, 5) is 20.2. The number of nitrogens with two attached hydrogens (primary N) is 1. The first-order valence-electron chi connectivity index (χ1n) is 10.9. The van der Waals surface area contributed by atoms with Gasteiger partial charge in [-0.15, -0.1) is 0 Å². The first-order valence-corrected chi connectivity index (χ1v) is 10.9. The third-order valence-corrected chi connectivity index (χ3v) is 6.55. The van der Waals surface area contributed by atoms with Gasteiger partial charge in [0.05, 0.1) is 12.6 Å². The van der Waals surface area contributed by atoms with Crippen LogP contribution in [0.3, 0.4) is 0 Å². The van der Waals surface area contributed by atoms with Gasteiger partial charge in [0, 0.05) is 37.9 Å². The highest BCUT2D eigenvalue weighted by atomic mass is 19.3. The Morgan fingerprint density at radius 2 is 2.07 bits per heavy atom. The molecule has 4 rings (SSSR count). The van der Waals surface area contributed by atoms with Crippen LogP contribution in [0.15, 0.2) is 4.52 Å². The fourth-order valence-corrected chi connectivity index (χ4v) is 4.52. The fraction of sp³-hybridized carbons (Fsp3) is 0.850. The molecule has 1 aromatic heterocycles. The van der Waals surface area contributed by atoms with Crippen molar-refractivity contribution in [1.82, 2.24) is 19.9 Å². The summed E-state index contributed by atoms with van der Waals surface area (Å²) in [5, 5.41) is 4.19. The SMILES string of the molecule is N[C@H](CCN1CCCC[C@H]1c1nc(C2CCC2)no1)CN1CC(F)(F)CCC1=O. The Morgan fingerprint density at radius 1 is 1.24 bits per heavy atom. The first-order chi connectivity index (χ1) is 13.9. The predicted molar refractivity (Wildman–Crippen MR) is 102 cm³/mol. The molecule has 9 heteroatoms. The van der Waals surface area contributed by atoms with Crippen molar-refractivity contribution in [2.75, 3.05) is 26.2 Å². The van der Waals surface area contributed by atoms with Gasteiger partial charge in [0.25, 0.3) is 5.92 Å². The number of likely N-dealkylation sites (tertiary alicyclic amines) is 2. The van der Waals surface area contributed by atoms with Crippen LogP contribution in [0.2, 0.25) is 0 Å². The van der Waals surface area contributed by atoms with Gasteiger partial charge in [-0.1, -0.05) is 18.0 Å². The first kappa shape index (κ1) is 20.7. The molecule has 0 unspecified atom stereocenters.